The lowest BCUT2D eigenvalue weighted by Gasteiger charge is -2.05. The van der Waals surface area contributed by atoms with Crippen molar-refractivity contribution in [2.45, 2.75) is 20.5 Å². The van der Waals surface area contributed by atoms with Gasteiger partial charge in [-0.25, -0.2) is 4.98 Å². The van der Waals surface area contributed by atoms with Gasteiger partial charge in [0.1, 0.15) is 18.2 Å². The normalized spacial score (nSPS) is 10.4. The first-order valence-electron chi connectivity index (χ1n) is 7.61. The highest BCUT2D eigenvalue weighted by atomic mass is 32.1. The van der Waals surface area contributed by atoms with Crippen LogP contribution < -0.4 is 10.1 Å². The third-order valence-electron chi connectivity index (χ3n) is 3.43. The molecule has 1 aromatic carbocycles. The Balaban J connectivity index is 1.61. The van der Waals surface area contributed by atoms with Gasteiger partial charge in [0.25, 0.3) is 5.91 Å². The number of nitrogens with zero attached hydrogens (tertiary/aromatic N) is 1. The summed E-state index contributed by atoms with van der Waals surface area (Å²) in [4.78, 5) is 17.1. The average molecular weight is 338 g/mol. The quantitative estimate of drug-likeness (QED) is 0.740. The number of nitrogens with one attached hydrogen (secondary N) is 1. The van der Waals surface area contributed by atoms with E-state index in [-0.39, 0.29) is 5.91 Å². The lowest BCUT2D eigenvalue weighted by Crippen LogP contribution is -2.11. The van der Waals surface area contributed by atoms with Crippen LogP contribution in [0, 0.1) is 13.8 Å². The molecule has 0 saturated heterocycles. The molecular formula is C19H18N2O2S. The minimum absolute atomic E-state index is 0.153. The third-order valence-corrected chi connectivity index (χ3v) is 4.41. The van der Waals surface area contributed by atoms with Gasteiger partial charge < -0.3 is 10.1 Å². The van der Waals surface area contributed by atoms with Crippen molar-refractivity contribution in [1.29, 1.82) is 0 Å². The van der Waals surface area contributed by atoms with Gasteiger partial charge in [-0.1, -0.05) is 12.1 Å². The van der Waals surface area contributed by atoms with Crippen LogP contribution in [0.15, 0.2) is 54.0 Å². The van der Waals surface area contributed by atoms with Gasteiger partial charge >= 0.3 is 0 Å². The van der Waals surface area contributed by atoms with Crippen LogP contribution in [0.1, 0.15) is 26.4 Å². The van der Waals surface area contributed by atoms with Gasteiger partial charge in [0.2, 0.25) is 0 Å². The number of hydrogen-bond acceptors (Lipinski definition) is 4. The van der Waals surface area contributed by atoms with Crippen LogP contribution in [-0.2, 0) is 6.61 Å². The van der Waals surface area contributed by atoms with Crippen molar-refractivity contribution >= 4 is 23.1 Å². The number of carbonyl (C=O) groups excluding carboxylic acids is 1. The van der Waals surface area contributed by atoms with Crippen molar-refractivity contribution in [3.8, 4) is 5.75 Å². The molecule has 0 aliphatic heterocycles. The van der Waals surface area contributed by atoms with Crippen LogP contribution in [0.4, 0.5) is 5.82 Å². The first-order chi connectivity index (χ1) is 11.6. The van der Waals surface area contributed by atoms with E-state index in [9.17, 15) is 4.79 Å². The van der Waals surface area contributed by atoms with Gasteiger partial charge in [-0.2, -0.15) is 0 Å². The fourth-order valence-electron chi connectivity index (χ4n) is 2.22. The molecule has 4 nitrogen and oxygen atoms in total. The molecule has 2 aromatic heterocycles. The summed E-state index contributed by atoms with van der Waals surface area (Å²) in [6, 6.07) is 13.5. The Bertz CT molecular complexity index is 858. The minimum atomic E-state index is -0.153. The maximum Gasteiger partial charge on any atom is 0.266 e. The molecule has 0 unspecified atom stereocenters. The topological polar surface area (TPSA) is 51.2 Å². The number of carbonyl (C=O) groups is 1. The first-order valence-corrected chi connectivity index (χ1v) is 8.49. The molecule has 1 amide bonds. The van der Waals surface area contributed by atoms with E-state index in [4.69, 9.17) is 4.74 Å². The van der Waals surface area contributed by atoms with E-state index in [0.717, 1.165) is 22.4 Å². The Morgan fingerprint density at radius 3 is 2.79 bits per heavy atom. The second kappa shape index (κ2) is 7.27. The summed E-state index contributed by atoms with van der Waals surface area (Å²) < 4.78 is 5.76. The number of rotatable bonds is 5. The van der Waals surface area contributed by atoms with E-state index in [1.807, 2.05) is 61.7 Å². The zero-order valence-electron chi connectivity index (χ0n) is 13.6. The summed E-state index contributed by atoms with van der Waals surface area (Å²) >= 11 is 1.40. The zero-order valence-corrected chi connectivity index (χ0v) is 14.4. The van der Waals surface area contributed by atoms with Gasteiger partial charge in [-0.05, 0) is 60.7 Å². The number of amides is 1. The lowest BCUT2D eigenvalue weighted by molar-refractivity contribution is 0.103. The van der Waals surface area contributed by atoms with Gasteiger partial charge in [-0.15, -0.1) is 11.3 Å². The molecule has 0 spiro atoms. The van der Waals surface area contributed by atoms with E-state index in [2.05, 4.69) is 10.3 Å². The van der Waals surface area contributed by atoms with E-state index in [1.165, 1.54) is 11.3 Å². The molecule has 0 atom stereocenters. The average Bonchev–Trinajstić information content (AvgIpc) is 3.02. The van der Waals surface area contributed by atoms with Crippen molar-refractivity contribution in [2.75, 3.05) is 5.32 Å². The second-order valence-corrected chi connectivity index (χ2v) is 6.51. The summed E-state index contributed by atoms with van der Waals surface area (Å²) in [5, 5.41) is 4.75. The fraction of sp³-hybridized carbons (Fsp3) is 0.158. The molecule has 2 heterocycles. The van der Waals surface area contributed by atoms with Gasteiger partial charge in [0.15, 0.2) is 0 Å². The van der Waals surface area contributed by atoms with Crippen LogP contribution in [-0.4, -0.2) is 10.9 Å². The smallest absolute Gasteiger partial charge is 0.266 e. The molecule has 0 bridgehead atoms. The maximum atomic E-state index is 12.3. The predicted molar refractivity (Wildman–Crippen MR) is 96.8 cm³/mol. The largest absolute Gasteiger partial charge is 0.489 e. The zero-order chi connectivity index (χ0) is 16.9. The van der Waals surface area contributed by atoms with Gasteiger partial charge in [0.05, 0.1) is 4.88 Å². The van der Waals surface area contributed by atoms with Crippen LogP contribution in [0.3, 0.4) is 0 Å². The van der Waals surface area contributed by atoms with Crippen LogP contribution in [0.25, 0.3) is 0 Å². The van der Waals surface area contributed by atoms with Crippen molar-refractivity contribution in [1.82, 2.24) is 4.98 Å². The number of ether oxygens (including phenoxy) is 1. The number of hydrogen-bond donors (Lipinski definition) is 1. The molecule has 3 aromatic rings. The summed E-state index contributed by atoms with van der Waals surface area (Å²) in [6.45, 7) is 4.43. The number of anilines is 1. The third kappa shape index (κ3) is 4.20. The first kappa shape index (κ1) is 16.2. The fourth-order valence-corrected chi connectivity index (χ4v) is 3.02. The van der Waals surface area contributed by atoms with Crippen molar-refractivity contribution in [3.05, 3.63) is 75.6 Å². The minimum Gasteiger partial charge on any atom is -0.489 e. The Kier molecular flexibility index (Phi) is 4.91. The predicted octanol–water partition coefficient (Wildman–Crippen LogP) is 4.59. The van der Waals surface area contributed by atoms with Crippen molar-refractivity contribution in [2.24, 2.45) is 0 Å². The standard InChI is InChI=1S/C19H18N2O2S/c1-13-4-3-5-16(8-13)23-11-15-10-17(24-12-15)19(22)21-18-9-14(2)6-7-20-18/h3-10,12H,11H2,1-2H3,(H,20,21,22). The second-order valence-electron chi connectivity index (χ2n) is 5.60. The SMILES string of the molecule is Cc1cccc(OCc2csc(C(=O)Nc3cc(C)ccn3)c2)c1. The number of aromatic nitrogens is 1. The highest BCUT2D eigenvalue weighted by molar-refractivity contribution is 7.12. The number of thiophene rings is 1. The van der Waals surface area contributed by atoms with Gasteiger partial charge in [-0.3, -0.25) is 4.79 Å². The molecule has 0 radical (unpaired) electrons. The molecule has 0 saturated carbocycles. The van der Waals surface area contributed by atoms with E-state index in [0.29, 0.717) is 17.3 Å². The molecule has 3 rings (SSSR count). The maximum absolute atomic E-state index is 12.3. The molecule has 24 heavy (non-hydrogen) atoms. The van der Waals surface area contributed by atoms with Gasteiger partial charge in [0, 0.05) is 11.8 Å². The summed E-state index contributed by atoms with van der Waals surface area (Å²) in [5.41, 5.74) is 3.19. The van der Waals surface area contributed by atoms with Crippen molar-refractivity contribution < 1.29 is 9.53 Å². The summed E-state index contributed by atoms with van der Waals surface area (Å²) in [7, 11) is 0. The van der Waals surface area contributed by atoms with E-state index in [1.54, 1.807) is 6.20 Å². The monoisotopic (exact) mass is 338 g/mol. The number of aryl methyl sites for hydroxylation is 2. The summed E-state index contributed by atoms with van der Waals surface area (Å²) in [5.74, 6) is 1.24. The molecule has 5 heteroatoms. The Labute approximate surface area is 145 Å². The van der Waals surface area contributed by atoms with Crippen molar-refractivity contribution in [3.63, 3.8) is 0 Å². The number of pyridine rings is 1. The Morgan fingerprint density at radius 1 is 1.17 bits per heavy atom. The Hall–Kier alpha value is -2.66. The van der Waals surface area contributed by atoms with Crippen LogP contribution >= 0.6 is 11.3 Å². The molecular weight excluding hydrogens is 320 g/mol. The summed E-state index contributed by atoms with van der Waals surface area (Å²) in [6.07, 6.45) is 1.68. The Morgan fingerprint density at radius 2 is 2.00 bits per heavy atom. The molecule has 0 fully saturated rings. The molecule has 122 valence electrons. The number of benzene rings is 1. The molecule has 1 N–H and O–H groups in total. The molecule has 0 aliphatic rings. The highest BCUT2D eigenvalue weighted by Gasteiger charge is 2.10. The van der Waals surface area contributed by atoms with E-state index >= 15 is 0 Å². The molecule has 0 aliphatic carbocycles. The van der Waals surface area contributed by atoms with E-state index < -0.39 is 0 Å². The highest BCUT2D eigenvalue weighted by Crippen LogP contribution is 2.19. The van der Waals surface area contributed by atoms with Crippen LogP contribution in [0.5, 0.6) is 5.75 Å². The van der Waals surface area contributed by atoms with Crippen LogP contribution in [0.2, 0.25) is 0 Å². The lowest BCUT2D eigenvalue weighted by atomic mass is 10.2.